The summed E-state index contributed by atoms with van der Waals surface area (Å²) in [6, 6.07) is 0. The van der Waals surface area contributed by atoms with Crippen molar-refractivity contribution in [3.05, 3.63) is 11.8 Å². The summed E-state index contributed by atoms with van der Waals surface area (Å²) in [5.41, 5.74) is 1.42. The fourth-order valence-corrected chi connectivity index (χ4v) is 4.73. The van der Waals surface area contributed by atoms with E-state index in [-0.39, 0.29) is 0 Å². The second-order valence-corrected chi connectivity index (χ2v) is 7.85. The van der Waals surface area contributed by atoms with Crippen molar-refractivity contribution in [1.29, 1.82) is 0 Å². The molecule has 1 atom stereocenters. The summed E-state index contributed by atoms with van der Waals surface area (Å²) in [4.78, 5) is 0. The van der Waals surface area contributed by atoms with Crippen molar-refractivity contribution in [1.82, 2.24) is 0 Å². The van der Waals surface area contributed by atoms with Gasteiger partial charge in [-0.3, -0.25) is 0 Å². The minimum atomic E-state index is -2.79. The van der Waals surface area contributed by atoms with Gasteiger partial charge in [0.2, 0.25) is 0 Å². The molecule has 1 saturated carbocycles. The maximum absolute atomic E-state index is 11.7. The molecule has 1 heterocycles. The van der Waals surface area contributed by atoms with Gasteiger partial charge in [-0.05, 0) is 56.4 Å². The largest absolute Gasteiger partial charge is 0.501 e. The van der Waals surface area contributed by atoms with Crippen molar-refractivity contribution in [2.75, 3.05) is 18.1 Å². The Morgan fingerprint density at radius 2 is 1.94 bits per heavy atom. The highest BCUT2D eigenvalue weighted by molar-refractivity contribution is 7.91. The lowest BCUT2D eigenvalue weighted by molar-refractivity contribution is 0.220. The lowest BCUT2D eigenvalue weighted by atomic mass is 10.0. The molecule has 0 spiro atoms. The summed E-state index contributed by atoms with van der Waals surface area (Å²) in [5, 5.41) is 0. The number of sulfone groups is 1. The first-order valence-corrected chi connectivity index (χ1v) is 8.98. The van der Waals surface area contributed by atoms with Crippen molar-refractivity contribution < 1.29 is 13.2 Å². The van der Waals surface area contributed by atoms with Crippen molar-refractivity contribution in [2.24, 2.45) is 5.92 Å². The van der Waals surface area contributed by atoms with Gasteiger partial charge in [0.15, 0.2) is 9.84 Å². The summed E-state index contributed by atoms with van der Waals surface area (Å²) in [6.45, 7) is 0.670. The third kappa shape index (κ3) is 4.63. The van der Waals surface area contributed by atoms with Gasteiger partial charge in [0.05, 0.1) is 24.4 Å². The van der Waals surface area contributed by atoms with Crippen LogP contribution in [0.15, 0.2) is 11.8 Å². The molecule has 0 aromatic carbocycles. The van der Waals surface area contributed by atoms with Crippen molar-refractivity contribution in [2.45, 2.75) is 51.4 Å². The van der Waals surface area contributed by atoms with Crippen LogP contribution >= 0.6 is 0 Å². The zero-order chi connectivity index (χ0) is 12.8. The van der Waals surface area contributed by atoms with Crippen LogP contribution in [0.4, 0.5) is 0 Å². The third-order valence-electron chi connectivity index (χ3n) is 3.95. The van der Waals surface area contributed by atoms with E-state index in [2.05, 4.69) is 0 Å². The molecule has 1 unspecified atom stereocenters. The number of rotatable bonds is 4. The Labute approximate surface area is 111 Å². The molecule has 0 bridgehead atoms. The molecule has 1 aliphatic carbocycles. The monoisotopic (exact) mass is 272 g/mol. The molecule has 2 aliphatic rings. The van der Waals surface area contributed by atoms with E-state index in [1.54, 1.807) is 0 Å². The Hall–Kier alpha value is -0.510. The first kappa shape index (κ1) is 13.9. The molecule has 0 N–H and O–H groups in total. The summed E-state index contributed by atoms with van der Waals surface area (Å²) < 4.78 is 28.9. The van der Waals surface area contributed by atoms with Gasteiger partial charge < -0.3 is 4.74 Å². The molecule has 0 radical (unpaired) electrons. The molecule has 0 amide bonds. The number of hydrogen-bond donors (Lipinski definition) is 0. The van der Waals surface area contributed by atoms with Crippen LogP contribution in [-0.2, 0) is 14.6 Å². The molecule has 1 saturated heterocycles. The Kier molecular flexibility index (Phi) is 5.10. The minimum Gasteiger partial charge on any atom is -0.501 e. The van der Waals surface area contributed by atoms with E-state index in [0.29, 0.717) is 24.0 Å². The molecule has 104 valence electrons. The van der Waals surface area contributed by atoms with E-state index in [1.807, 2.05) is 6.26 Å². The standard InChI is InChI=1S/C14H24O3S/c15-18(16)10-4-3-7-14(12-18)8-9-17-11-13-5-1-2-6-13/h11,14H,1-10,12H2. The molecule has 1 aliphatic heterocycles. The van der Waals surface area contributed by atoms with E-state index >= 15 is 0 Å². The first-order chi connectivity index (χ1) is 8.66. The second kappa shape index (κ2) is 6.60. The average Bonchev–Trinajstić information content (AvgIpc) is 2.76. The molecule has 18 heavy (non-hydrogen) atoms. The zero-order valence-electron chi connectivity index (χ0n) is 11.1. The highest BCUT2D eigenvalue weighted by Crippen LogP contribution is 2.24. The van der Waals surface area contributed by atoms with Crippen LogP contribution in [0.2, 0.25) is 0 Å². The van der Waals surface area contributed by atoms with Gasteiger partial charge in [0, 0.05) is 0 Å². The van der Waals surface area contributed by atoms with E-state index in [1.165, 1.54) is 31.3 Å². The van der Waals surface area contributed by atoms with Crippen molar-refractivity contribution in [3.63, 3.8) is 0 Å². The predicted molar refractivity (Wildman–Crippen MR) is 73.1 cm³/mol. The minimum absolute atomic E-state index is 0.305. The van der Waals surface area contributed by atoms with Crippen LogP contribution in [0.5, 0.6) is 0 Å². The number of hydrogen-bond acceptors (Lipinski definition) is 3. The van der Waals surface area contributed by atoms with E-state index in [9.17, 15) is 8.42 Å². The van der Waals surface area contributed by atoms with Crippen LogP contribution in [0.25, 0.3) is 0 Å². The maximum Gasteiger partial charge on any atom is 0.150 e. The predicted octanol–water partition coefficient (Wildman–Crippen LogP) is 3.07. The Morgan fingerprint density at radius 1 is 1.17 bits per heavy atom. The van der Waals surface area contributed by atoms with Gasteiger partial charge in [-0.1, -0.05) is 6.42 Å². The molecule has 0 aromatic heterocycles. The summed E-state index contributed by atoms with van der Waals surface area (Å²) in [7, 11) is -2.79. The van der Waals surface area contributed by atoms with Crippen LogP contribution in [0.3, 0.4) is 0 Å². The third-order valence-corrected chi connectivity index (χ3v) is 5.84. The van der Waals surface area contributed by atoms with Crippen molar-refractivity contribution >= 4 is 9.84 Å². The van der Waals surface area contributed by atoms with E-state index in [4.69, 9.17) is 4.74 Å². The quantitative estimate of drug-likeness (QED) is 0.583. The van der Waals surface area contributed by atoms with Gasteiger partial charge in [-0.25, -0.2) is 8.42 Å². The fourth-order valence-electron chi connectivity index (χ4n) is 2.87. The lowest BCUT2D eigenvalue weighted by Gasteiger charge is -2.13. The normalized spacial score (nSPS) is 27.8. The van der Waals surface area contributed by atoms with Gasteiger partial charge in [-0.15, -0.1) is 0 Å². The summed E-state index contributed by atoms with van der Waals surface area (Å²) >= 11 is 0. The maximum atomic E-state index is 11.7. The van der Waals surface area contributed by atoms with Gasteiger partial charge in [0.1, 0.15) is 0 Å². The summed E-state index contributed by atoms with van der Waals surface area (Å²) in [5.74, 6) is 1.06. The van der Waals surface area contributed by atoms with Crippen LogP contribution < -0.4 is 0 Å². The molecule has 4 heteroatoms. The van der Waals surface area contributed by atoms with Gasteiger partial charge in [-0.2, -0.15) is 0 Å². The molecular formula is C14H24O3S. The van der Waals surface area contributed by atoms with E-state index < -0.39 is 9.84 Å². The first-order valence-electron chi connectivity index (χ1n) is 7.16. The molecule has 3 nitrogen and oxygen atoms in total. The summed E-state index contributed by atoms with van der Waals surface area (Å²) in [6.07, 6.45) is 10.6. The Morgan fingerprint density at radius 3 is 2.72 bits per heavy atom. The molecule has 2 rings (SSSR count). The van der Waals surface area contributed by atoms with Crippen LogP contribution in [0, 0.1) is 5.92 Å². The zero-order valence-corrected chi connectivity index (χ0v) is 11.9. The lowest BCUT2D eigenvalue weighted by Crippen LogP contribution is -2.16. The number of ether oxygens (including phenoxy) is 1. The smallest absolute Gasteiger partial charge is 0.150 e. The highest BCUT2D eigenvalue weighted by atomic mass is 32.2. The average molecular weight is 272 g/mol. The van der Waals surface area contributed by atoms with Crippen LogP contribution in [0.1, 0.15) is 51.4 Å². The van der Waals surface area contributed by atoms with Gasteiger partial charge in [0.25, 0.3) is 0 Å². The van der Waals surface area contributed by atoms with Crippen LogP contribution in [-0.4, -0.2) is 26.5 Å². The van der Waals surface area contributed by atoms with Crippen molar-refractivity contribution in [3.8, 4) is 0 Å². The highest BCUT2D eigenvalue weighted by Gasteiger charge is 2.22. The molecule has 2 fully saturated rings. The SMILES string of the molecule is O=S1(=O)CCCCC(CCOC=C2CCCC2)C1. The Balaban J connectivity index is 1.70. The van der Waals surface area contributed by atoms with E-state index in [0.717, 1.165) is 25.7 Å². The number of allylic oxidation sites excluding steroid dienone is 1. The molecular weight excluding hydrogens is 248 g/mol. The Bertz CT molecular complexity index is 376. The topological polar surface area (TPSA) is 43.4 Å². The molecule has 0 aromatic rings. The fraction of sp³-hybridized carbons (Fsp3) is 0.857. The second-order valence-electron chi connectivity index (χ2n) is 5.62. The van der Waals surface area contributed by atoms with Gasteiger partial charge >= 0.3 is 0 Å².